The Morgan fingerprint density at radius 3 is 2.12 bits per heavy atom. The standard InChI is InChI=1S/C21H27N3O2/c1-5-15-8-7-9-16(6-2)19(15)24-21(26)18-10-17(12-22-13-18)20(25)23-11-14(3)4/h7-10,12-14H,5-6,11H2,1-4H3,(H,23,25)(H,24,26). The van der Waals surface area contributed by atoms with Gasteiger partial charge in [-0.05, 0) is 36.0 Å². The minimum absolute atomic E-state index is 0.218. The van der Waals surface area contributed by atoms with Crippen LogP contribution in [-0.4, -0.2) is 23.3 Å². The third-order valence-electron chi connectivity index (χ3n) is 4.17. The first-order valence-electron chi connectivity index (χ1n) is 9.11. The van der Waals surface area contributed by atoms with Crippen LogP contribution < -0.4 is 10.6 Å². The smallest absolute Gasteiger partial charge is 0.257 e. The van der Waals surface area contributed by atoms with Gasteiger partial charge in [0.05, 0.1) is 11.1 Å². The molecule has 2 amide bonds. The monoisotopic (exact) mass is 353 g/mol. The second-order valence-corrected chi connectivity index (χ2v) is 6.68. The fraction of sp³-hybridized carbons (Fsp3) is 0.381. The van der Waals surface area contributed by atoms with Crippen LogP contribution in [0.2, 0.25) is 0 Å². The molecule has 0 bridgehead atoms. The molecule has 0 aliphatic carbocycles. The van der Waals surface area contributed by atoms with Crippen molar-refractivity contribution < 1.29 is 9.59 Å². The van der Waals surface area contributed by atoms with E-state index >= 15 is 0 Å². The number of rotatable bonds is 7. The number of para-hydroxylation sites is 1. The Labute approximate surface area is 155 Å². The van der Waals surface area contributed by atoms with Crippen molar-refractivity contribution in [3.63, 3.8) is 0 Å². The first-order chi connectivity index (χ1) is 12.5. The number of carbonyl (C=O) groups excluding carboxylic acids is 2. The summed E-state index contributed by atoms with van der Waals surface area (Å²) in [5.74, 6) is -0.118. The van der Waals surface area contributed by atoms with Crippen LogP contribution in [0.15, 0.2) is 36.7 Å². The maximum Gasteiger partial charge on any atom is 0.257 e. The van der Waals surface area contributed by atoms with E-state index in [0.717, 1.165) is 29.7 Å². The van der Waals surface area contributed by atoms with Crippen LogP contribution in [0, 0.1) is 5.92 Å². The molecule has 138 valence electrons. The Morgan fingerprint density at radius 1 is 1.00 bits per heavy atom. The summed E-state index contributed by atoms with van der Waals surface area (Å²) in [7, 11) is 0. The number of benzene rings is 1. The molecule has 5 nitrogen and oxygen atoms in total. The number of aryl methyl sites for hydroxylation is 2. The van der Waals surface area contributed by atoms with E-state index in [0.29, 0.717) is 23.6 Å². The van der Waals surface area contributed by atoms with Gasteiger partial charge in [-0.25, -0.2) is 0 Å². The van der Waals surface area contributed by atoms with Crippen molar-refractivity contribution in [2.75, 3.05) is 11.9 Å². The van der Waals surface area contributed by atoms with E-state index in [9.17, 15) is 9.59 Å². The predicted octanol–water partition coefficient (Wildman–Crippen LogP) is 3.84. The SMILES string of the molecule is CCc1cccc(CC)c1NC(=O)c1cncc(C(=O)NCC(C)C)c1. The molecule has 0 saturated carbocycles. The van der Waals surface area contributed by atoms with Gasteiger partial charge in [0.2, 0.25) is 0 Å². The summed E-state index contributed by atoms with van der Waals surface area (Å²) in [5, 5.41) is 5.84. The van der Waals surface area contributed by atoms with Gasteiger partial charge in [-0.15, -0.1) is 0 Å². The zero-order valence-corrected chi connectivity index (χ0v) is 15.9. The van der Waals surface area contributed by atoms with E-state index in [2.05, 4.69) is 29.5 Å². The summed E-state index contributed by atoms with van der Waals surface area (Å²) in [4.78, 5) is 29.0. The normalized spacial score (nSPS) is 10.7. The predicted molar refractivity (Wildman–Crippen MR) is 105 cm³/mol. The summed E-state index contributed by atoms with van der Waals surface area (Å²) < 4.78 is 0. The van der Waals surface area contributed by atoms with Crippen LogP contribution in [-0.2, 0) is 12.8 Å². The minimum atomic E-state index is -0.258. The van der Waals surface area contributed by atoms with E-state index < -0.39 is 0 Å². The van der Waals surface area contributed by atoms with E-state index in [-0.39, 0.29) is 11.8 Å². The van der Waals surface area contributed by atoms with E-state index in [1.165, 1.54) is 12.4 Å². The molecule has 0 unspecified atom stereocenters. The van der Waals surface area contributed by atoms with Gasteiger partial charge in [0, 0.05) is 24.6 Å². The molecule has 1 aromatic heterocycles. The van der Waals surface area contributed by atoms with Crippen molar-refractivity contribution >= 4 is 17.5 Å². The van der Waals surface area contributed by atoms with Gasteiger partial charge < -0.3 is 10.6 Å². The number of nitrogens with zero attached hydrogens (tertiary/aromatic N) is 1. The first kappa shape index (κ1) is 19.6. The van der Waals surface area contributed by atoms with Gasteiger partial charge in [-0.2, -0.15) is 0 Å². The summed E-state index contributed by atoms with van der Waals surface area (Å²) >= 11 is 0. The summed E-state index contributed by atoms with van der Waals surface area (Å²) in [5.41, 5.74) is 3.80. The molecule has 0 atom stereocenters. The molecule has 0 aliphatic rings. The minimum Gasteiger partial charge on any atom is -0.352 e. The van der Waals surface area contributed by atoms with Crippen LogP contribution in [0.4, 0.5) is 5.69 Å². The molecule has 0 fully saturated rings. The Balaban J connectivity index is 2.21. The van der Waals surface area contributed by atoms with Crippen LogP contribution >= 0.6 is 0 Å². The van der Waals surface area contributed by atoms with E-state index in [1.54, 1.807) is 6.07 Å². The second-order valence-electron chi connectivity index (χ2n) is 6.68. The number of hydrogen-bond acceptors (Lipinski definition) is 3. The van der Waals surface area contributed by atoms with Gasteiger partial charge in [-0.1, -0.05) is 45.9 Å². The maximum atomic E-state index is 12.7. The van der Waals surface area contributed by atoms with Gasteiger partial charge in [0.1, 0.15) is 0 Å². The number of anilines is 1. The third kappa shape index (κ3) is 4.91. The number of pyridine rings is 1. The number of carbonyl (C=O) groups is 2. The molecular formula is C21H27N3O2. The Hall–Kier alpha value is -2.69. The second kappa shape index (κ2) is 9.13. The quantitative estimate of drug-likeness (QED) is 0.794. The maximum absolute atomic E-state index is 12.7. The topological polar surface area (TPSA) is 71.1 Å². The van der Waals surface area contributed by atoms with Crippen LogP contribution in [0.25, 0.3) is 0 Å². The van der Waals surface area contributed by atoms with Gasteiger partial charge in [-0.3, -0.25) is 14.6 Å². The lowest BCUT2D eigenvalue weighted by atomic mass is 10.0. The molecule has 0 spiro atoms. The van der Waals surface area contributed by atoms with Crippen molar-refractivity contribution in [1.82, 2.24) is 10.3 Å². The molecule has 2 aromatic rings. The lowest BCUT2D eigenvalue weighted by Gasteiger charge is -2.14. The lowest BCUT2D eigenvalue weighted by molar-refractivity contribution is 0.0948. The highest BCUT2D eigenvalue weighted by Gasteiger charge is 2.14. The highest BCUT2D eigenvalue weighted by atomic mass is 16.2. The zero-order valence-electron chi connectivity index (χ0n) is 15.9. The molecule has 26 heavy (non-hydrogen) atoms. The average molecular weight is 353 g/mol. The van der Waals surface area contributed by atoms with Gasteiger partial charge in [0.25, 0.3) is 11.8 Å². The third-order valence-corrected chi connectivity index (χ3v) is 4.17. The Bertz CT molecular complexity index is 762. The molecule has 2 N–H and O–H groups in total. The molecular weight excluding hydrogens is 326 g/mol. The van der Waals surface area contributed by atoms with Gasteiger partial charge in [0.15, 0.2) is 0 Å². The van der Waals surface area contributed by atoms with Crippen LogP contribution in [0.1, 0.15) is 59.5 Å². The van der Waals surface area contributed by atoms with Crippen LogP contribution in [0.3, 0.4) is 0 Å². The van der Waals surface area contributed by atoms with Crippen molar-refractivity contribution in [2.45, 2.75) is 40.5 Å². The van der Waals surface area contributed by atoms with Crippen molar-refractivity contribution in [2.24, 2.45) is 5.92 Å². The van der Waals surface area contributed by atoms with E-state index in [1.807, 2.05) is 32.0 Å². The zero-order chi connectivity index (χ0) is 19.1. The number of hydrogen-bond donors (Lipinski definition) is 2. The highest BCUT2D eigenvalue weighted by Crippen LogP contribution is 2.23. The van der Waals surface area contributed by atoms with E-state index in [4.69, 9.17) is 0 Å². The number of aromatic nitrogens is 1. The van der Waals surface area contributed by atoms with Crippen LogP contribution in [0.5, 0.6) is 0 Å². The summed E-state index contributed by atoms with van der Waals surface area (Å²) in [6.07, 6.45) is 4.62. The summed E-state index contributed by atoms with van der Waals surface area (Å²) in [6, 6.07) is 7.62. The molecule has 5 heteroatoms. The molecule has 1 heterocycles. The number of nitrogens with one attached hydrogen (secondary N) is 2. The van der Waals surface area contributed by atoms with Crippen molar-refractivity contribution in [1.29, 1.82) is 0 Å². The Morgan fingerprint density at radius 2 is 1.58 bits per heavy atom. The fourth-order valence-electron chi connectivity index (χ4n) is 2.68. The average Bonchev–Trinajstić information content (AvgIpc) is 2.66. The first-order valence-corrected chi connectivity index (χ1v) is 9.11. The molecule has 1 aromatic carbocycles. The molecule has 0 radical (unpaired) electrons. The molecule has 0 aliphatic heterocycles. The number of amides is 2. The largest absolute Gasteiger partial charge is 0.352 e. The van der Waals surface area contributed by atoms with Crippen molar-refractivity contribution in [3.8, 4) is 0 Å². The van der Waals surface area contributed by atoms with Crippen molar-refractivity contribution in [3.05, 3.63) is 58.9 Å². The molecule has 0 saturated heterocycles. The van der Waals surface area contributed by atoms with Gasteiger partial charge >= 0.3 is 0 Å². The summed E-state index contributed by atoms with van der Waals surface area (Å²) in [6.45, 7) is 8.76. The Kier molecular flexibility index (Phi) is 6.89. The molecule has 2 rings (SSSR count). The fourth-order valence-corrected chi connectivity index (χ4v) is 2.68. The lowest BCUT2D eigenvalue weighted by Crippen LogP contribution is -2.27. The highest BCUT2D eigenvalue weighted by molar-refractivity contribution is 6.06.